The minimum absolute atomic E-state index is 0.0374. The minimum atomic E-state index is -0.547. The molecule has 2 aromatic carbocycles. The van der Waals surface area contributed by atoms with E-state index in [0.29, 0.717) is 0 Å². The van der Waals surface area contributed by atoms with Crippen molar-refractivity contribution in [2.24, 2.45) is 0 Å². The third-order valence-electron chi connectivity index (χ3n) is 3.68. The molecule has 0 aromatic heterocycles. The van der Waals surface area contributed by atoms with E-state index in [2.05, 4.69) is 17.4 Å². The van der Waals surface area contributed by atoms with Crippen LogP contribution >= 0.6 is 0 Å². The van der Waals surface area contributed by atoms with Gasteiger partial charge in [-0.2, -0.15) is 0 Å². The highest BCUT2D eigenvalue weighted by Gasteiger charge is 2.28. The molecular weight excluding hydrogens is 238 g/mol. The van der Waals surface area contributed by atoms with Gasteiger partial charge in [-0.1, -0.05) is 36.4 Å². The number of rotatable bonds is 3. The number of methoxy groups -OCH3 is 1. The van der Waals surface area contributed by atoms with Gasteiger partial charge in [-0.15, -0.1) is 0 Å². The third-order valence-corrected chi connectivity index (χ3v) is 3.68. The van der Waals surface area contributed by atoms with E-state index in [4.69, 9.17) is 4.74 Å². The van der Waals surface area contributed by atoms with Crippen LogP contribution in [0.5, 0.6) is 5.75 Å². The van der Waals surface area contributed by atoms with E-state index >= 15 is 0 Å². The summed E-state index contributed by atoms with van der Waals surface area (Å²) >= 11 is 0. The molecule has 0 spiro atoms. The zero-order chi connectivity index (χ0) is 13.2. The molecule has 3 heteroatoms. The van der Waals surface area contributed by atoms with Crippen molar-refractivity contribution in [2.75, 3.05) is 7.11 Å². The first kappa shape index (κ1) is 12.2. The molecule has 0 fully saturated rings. The molecule has 3 nitrogen and oxygen atoms in total. The fraction of sp³-hybridized carbons (Fsp3) is 0.250. The highest BCUT2D eigenvalue weighted by molar-refractivity contribution is 5.37. The van der Waals surface area contributed by atoms with Crippen LogP contribution in [0.2, 0.25) is 0 Å². The Morgan fingerprint density at radius 3 is 2.63 bits per heavy atom. The summed E-state index contributed by atoms with van der Waals surface area (Å²) in [6.07, 6.45) is -0.547. The molecule has 2 atom stereocenters. The molecule has 0 saturated carbocycles. The molecule has 0 amide bonds. The summed E-state index contributed by atoms with van der Waals surface area (Å²) < 4.78 is 5.13. The van der Waals surface area contributed by atoms with E-state index in [1.807, 2.05) is 36.4 Å². The van der Waals surface area contributed by atoms with Crippen LogP contribution < -0.4 is 10.1 Å². The van der Waals surface area contributed by atoms with Crippen molar-refractivity contribution < 1.29 is 9.84 Å². The number of hydrogen-bond acceptors (Lipinski definition) is 3. The van der Waals surface area contributed by atoms with E-state index < -0.39 is 6.10 Å². The van der Waals surface area contributed by atoms with E-state index in [0.717, 1.165) is 17.9 Å². The molecule has 1 aliphatic heterocycles. The minimum Gasteiger partial charge on any atom is -0.497 e. The number of aliphatic hydroxyl groups is 1. The van der Waals surface area contributed by atoms with Crippen molar-refractivity contribution in [3.05, 3.63) is 65.2 Å². The highest BCUT2D eigenvalue weighted by atomic mass is 16.5. The number of hydrogen-bond donors (Lipinski definition) is 2. The molecule has 0 radical (unpaired) electrons. The lowest BCUT2D eigenvalue weighted by Gasteiger charge is -2.20. The monoisotopic (exact) mass is 255 g/mol. The summed E-state index contributed by atoms with van der Waals surface area (Å²) in [6.45, 7) is 0.814. The maximum atomic E-state index is 10.5. The Hall–Kier alpha value is -1.84. The molecule has 0 bridgehead atoms. The normalized spacial score (nSPS) is 18.9. The van der Waals surface area contributed by atoms with Gasteiger partial charge in [-0.25, -0.2) is 0 Å². The van der Waals surface area contributed by atoms with E-state index in [1.54, 1.807) is 7.11 Å². The van der Waals surface area contributed by atoms with Gasteiger partial charge in [0.15, 0.2) is 0 Å². The average Bonchev–Trinajstić information content (AvgIpc) is 2.90. The van der Waals surface area contributed by atoms with Gasteiger partial charge >= 0.3 is 0 Å². The van der Waals surface area contributed by atoms with Crippen LogP contribution in [-0.2, 0) is 6.54 Å². The van der Waals surface area contributed by atoms with Crippen LogP contribution in [-0.4, -0.2) is 12.2 Å². The Labute approximate surface area is 112 Å². The first-order valence-electron chi connectivity index (χ1n) is 6.43. The first-order chi connectivity index (χ1) is 9.29. The molecule has 2 aromatic rings. The Morgan fingerprint density at radius 1 is 1.16 bits per heavy atom. The summed E-state index contributed by atoms with van der Waals surface area (Å²) in [5.74, 6) is 0.802. The fourth-order valence-corrected chi connectivity index (χ4v) is 2.60. The molecule has 98 valence electrons. The molecule has 19 heavy (non-hydrogen) atoms. The van der Waals surface area contributed by atoms with Gasteiger partial charge in [0.2, 0.25) is 0 Å². The quantitative estimate of drug-likeness (QED) is 0.885. The van der Waals surface area contributed by atoms with E-state index in [9.17, 15) is 5.11 Å². The number of ether oxygens (including phenoxy) is 1. The van der Waals surface area contributed by atoms with Gasteiger partial charge in [-0.05, 0) is 28.8 Å². The third kappa shape index (κ3) is 2.23. The summed E-state index contributed by atoms with van der Waals surface area (Å²) in [6, 6.07) is 15.7. The van der Waals surface area contributed by atoms with Crippen LogP contribution in [0, 0.1) is 0 Å². The van der Waals surface area contributed by atoms with Gasteiger partial charge in [0.1, 0.15) is 5.75 Å². The van der Waals surface area contributed by atoms with Crippen molar-refractivity contribution in [2.45, 2.75) is 18.7 Å². The van der Waals surface area contributed by atoms with Gasteiger partial charge in [0.25, 0.3) is 0 Å². The topological polar surface area (TPSA) is 41.5 Å². The molecule has 1 aliphatic rings. The molecule has 2 unspecified atom stereocenters. The summed E-state index contributed by atoms with van der Waals surface area (Å²) in [5.41, 5.74) is 3.35. The molecule has 0 aliphatic carbocycles. The largest absolute Gasteiger partial charge is 0.497 e. The predicted molar refractivity (Wildman–Crippen MR) is 74.0 cm³/mol. The van der Waals surface area contributed by atoms with Crippen molar-refractivity contribution in [1.29, 1.82) is 0 Å². The molecule has 3 rings (SSSR count). The van der Waals surface area contributed by atoms with E-state index in [-0.39, 0.29) is 6.04 Å². The zero-order valence-electron chi connectivity index (χ0n) is 10.8. The maximum absolute atomic E-state index is 10.5. The second kappa shape index (κ2) is 5.03. The number of benzene rings is 2. The second-order valence-corrected chi connectivity index (χ2v) is 4.78. The number of fused-ring (bicyclic) bond motifs is 1. The van der Waals surface area contributed by atoms with Gasteiger partial charge in [0, 0.05) is 6.54 Å². The fourth-order valence-electron chi connectivity index (χ4n) is 2.60. The summed E-state index contributed by atoms with van der Waals surface area (Å²) in [5, 5.41) is 13.9. The average molecular weight is 255 g/mol. The Morgan fingerprint density at radius 2 is 1.89 bits per heavy atom. The lowest BCUT2D eigenvalue weighted by molar-refractivity contribution is 0.133. The first-order valence-corrected chi connectivity index (χ1v) is 6.43. The SMILES string of the molecule is COc1ccc(C(O)C2NCc3ccccc32)cc1. The van der Waals surface area contributed by atoms with Crippen LogP contribution in [0.4, 0.5) is 0 Å². The van der Waals surface area contributed by atoms with Gasteiger partial charge in [-0.3, -0.25) is 0 Å². The number of nitrogens with one attached hydrogen (secondary N) is 1. The second-order valence-electron chi connectivity index (χ2n) is 4.78. The molecule has 1 heterocycles. The molecular formula is C16H17NO2. The van der Waals surface area contributed by atoms with Crippen LogP contribution in [0.1, 0.15) is 28.8 Å². The van der Waals surface area contributed by atoms with E-state index in [1.165, 1.54) is 11.1 Å². The smallest absolute Gasteiger partial charge is 0.118 e. The Kier molecular flexibility index (Phi) is 3.23. The zero-order valence-corrected chi connectivity index (χ0v) is 10.8. The summed E-state index contributed by atoms with van der Waals surface area (Å²) in [7, 11) is 1.64. The summed E-state index contributed by atoms with van der Waals surface area (Å²) in [4.78, 5) is 0. The van der Waals surface area contributed by atoms with Crippen molar-refractivity contribution in [3.63, 3.8) is 0 Å². The lowest BCUT2D eigenvalue weighted by atomic mass is 9.96. The molecule has 0 saturated heterocycles. The lowest BCUT2D eigenvalue weighted by Crippen LogP contribution is -2.20. The van der Waals surface area contributed by atoms with Crippen LogP contribution in [0.3, 0.4) is 0 Å². The van der Waals surface area contributed by atoms with Crippen molar-refractivity contribution in [1.82, 2.24) is 5.32 Å². The number of aliphatic hydroxyl groups excluding tert-OH is 1. The molecule has 2 N–H and O–H groups in total. The van der Waals surface area contributed by atoms with Crippen LogP contribution in [0.25, 0.3) is 0 Å². The van der Waals surface area contributed by atoms with Crippen molar-refractivity contribution in [3.8, 4) is 5.75 Å². The van der Waals surface area contributed by atoms with Crippen LogP contribution in [0.15, 0.2) is 48.5 Å². The standard InChI is InChI=1S/C16H17NO2/c1-19-13-8-6-11(7-9-13)16(18)15-14-5-3-2-4-12(14)10-17-15/h2-9,15-18H,10H2,1H3. The highest BCUT2D eigenvalue weighted by Crippen LogP contribution is 2.35. The maximum Gasteiger partial charge on any atom is 0.118 e. The van der Waals surface area contributed by atoms with Crippen molar-refractivity contribution >= 4 is 0 Å². The Balaban J connectivity index is 1.86. The van der Waals surface area contributed by atoms with Gasteiger partial charge < -0.3 is 15.2 Å². The Bertz CT molecular complexity index is 565. The van der Waals surface area contributed by atoms with Gasteiger partial charge in [0.05, 0.1) is 19.3 Å². The predicted octanol–water partition coefficient (Wildman–Crippen LogP) is 2.57.